The second-order valence-electron chi connectivity index (χ2n) is 8.36. The fraction of sp³-hybridized carbons (Fsp3) is 0.172. The molecule has 1 aromatic heterocycles. The molecule has 182 valence electrons. The number of nitrogens with zero attached hydrogens (tertiary/aromatic N) is 2. The molecule has 0 saturated carbocycles. The quantitative estimate of drug-likeness (QED) is 0.265. The molecule has 0 N–H and O–H groups in total. The molecule has 1 aliphatic rings. The molecule has 1 saturated heterocycles. The predicted molar refractivity (Wildman–Crippen MR) is 143 cm³/mol. The Morgan fingerprint density at radius 3 is 2.39 bits per heavy atom. The molecule has 0 radical (unpaired) electrons. The van der Waals surface area contributed by atoms with Crippen molar-refractivity contribution in [3.05, 3.63) is 101 Å². The molecule has 3 aromatic carbocycles. The van der Waals surface area contributed by atoms with E-state index < -0.39 is 0 Å². The Labute approximate surface area is 214 Å². The van der Waals surface area contributed by atoms with Crippen LogP contribution in [0.15, 0.2) is 90.0 Å². The molecule has 6 nitrogen and oxygen atoms in total. The second-order valence-corrected chi connectivity index (χ2v) is 9.36. The van der Waals surface area contributed by atoms with Crippen LogP contribution in [0.25, 0.3) is 17.0 Å². The second kappa shape index (κ2) is 10.7. The van der Waals surface area contributed by atoms with Crippen LogP contribution in [0, 0.1) is 0 Å². The van der Waals surface area contributed by atoms with Crippen LogP contribution in [0.2, 0.25) is 0 Å². The first-order chi connectivity index (χ1) is 17.6. The van der Waals surface area contributed by atoms with E-state index in [1.165, 1.54) is 4.90 Å². The SMILES string of the molecule is COc1ccccc1OCCn1cc(/C=C2\SC(=O)N(CCc3ccccc3)C2=O)c2ccccc21. The number of aromatic nitrogens is 1. The van der Waals surface area contributed by atoms with Crippen molar-refractivity contribution in [1.29, 1.82) is 0 Å². The highest BCUT2D eigenvalue weighted by atomic mass is 32.2. The van der Waals surface area contributed by atoms with Crippen LogP contribution < -0.4 is 9.47 Å². The summed E-state index contributed by atoms with van der Waals surface area (Å²) in [6, 6.07) is 25.5. The molecule has 2 amide bonds. The number of hydrogen-bond donors (Lipinski definition) is 0. The van der Waals surface area contributed by atoms with Crippen LogP contribution in [0.4, 0.5) is 4.79 Å². The minimum Gasteiger partial charge on any atom is -0.493 e. The first-order valence-corrected chi connectivity index (χ1v) is 12.6. The Balaban J connectivity index is 1.32. The van der Waals surface area contributed by atoms with Gasteiger partial charge >= 0.3 is 0 Å². The smallest absolute Gasteiger partial charge is 0.293 e. The van der Waals surface area contributed by atoms with E-state index in [1.807, 2.05) is 91.1 Å². The molecule has 36 heavy (non-hydrogen) atoms. The van der Waals surface area contributed by atoms with Gasteiger partial charge in [0.2, 0.25) is 0 Å². The molecular weight excluding hydrogens is 472 g/mol. The van der Waals surface area contributed by atoms with Crippen molar-refractivity contribution in [2.45, 2.75) is 13.0 Å². The number of rotatable bonds is 9. The molecule has 1 fully saturated rings. The van der Waals surface area contributed by atoms with Crippen molar-refractivity contribution in [3.8, 4) is 11.5 Å². The van der Waals surface area contributed by atoms with E-state index in [1.54, 1.807) is 7.11 Å². The number of carbonyl (C=O) groups is 2. The summed E-state index contributed by atoms with van der Waals surface area (Å²) in [7, 11) is 1.62. The highest BCUT2D eigenvalue weighted by Gasteiger charge is 2.34. The van der Waals surface area contributed by atoms with Crippen molar-refractivity contribution in [2.75, 3.05) is 20.3 Å². The fourth-order valence-electron chi connectivity index (χ4n) is 4.29. The zero-order valence-corrected chi connectivity index (χ0v) is 20.7. The van der Waals surface area contributed by atoms with Crippen LogP contribution >= 0.6 is 11.8 Å². The lowest BCUT2D eigenvalue weighted by Gasteiger charge is -2.12. The summed E-state index contributed by atoms with van der Waals surface area (Å²) in [5.41, 5.74) is 3.03. The highest BCUT2D eigenvalue weighted by molar-refractivity contribution is 8.18. The van der Waals surface area contributed by atoms with Gasteiger partial charge in [-0.1, -0.05) is 60.7 Å². The summed E-state index contributed by atoms with van der Waals surface area (Å²) < 4.78 is 13.4. The average Bonchev–Trinajstić information content (AvgIpc) is 3.39. The number of methoxy groups -OCH3 is 1. The number of para-hydroxylation sites is 3. The van der Waals surface area contributed by atoms with Crippen LogP contribution in [-0.4, -0.2) is 40.9 Å². The maximum absolute atomic E-state index is 13.1. The number of amides is 2. The highest BCUT2D eigenvalue weighted by Crippen LogP contribution is 2.34. The Hall–Kier alpha value is -3.97. The number of ether oxygens (including phenoxy) is 2. The third kappa shape index (κ3) is 5.02. The van der Waals surface area contributed by atoms with Gasteiger partial charge in [-0.25, -0.2) is 0 Å². The van der Waals surface area contributed by atoms with Crippen molar-refractivity contribution >= 4 is 39.9 Å². The summed E-state index contributed by atoms with van der Waals surface area (Å²) in [5.74, 6) is 1.15. The predicted octanol–water partition coefficient (Wildman–Crippen LogP) is 6.01. The number of carbonyl (C=O) groups excluding carboxylic acids is 2. The monoisotopic (exact) mass is 498 g/mol. The Bertz CT molecular complexity index is 1430. The molecule has 0 atom stereocenters. The molecule has 0 unspecified atom stereocenters. The lowest BCUT2D eigenvalue weighted by molar-refractivity contribution is -0.122. The average molecular weight is 499 g/mol. The standard InChI is InChI=1S/C29H26N2O4S/c1-34-25-13-7-8-14-26(25)35-18-17-30-20-22(23-11-5-6-12-24(23)30)19-27-28(32)31(29(33)36-27)16-15-21-9-3-2-4-10-21/h2-14,19-20H,15-18H2,1H3/b27-19-. The van der Waals surface area contributed by atoms with Crippen molar-refractivity contribution in [3.63, 3.8) is 0 Å². The molecule has 0 bridgehead atoms. The van der Waals surface area contributed by atoms with Crippen LogP contribution in [-0.2, 0) is 17.8 Å². The van der Waals surface area contributed by atoms with E-state index in [0.29, 0.717) is 42.5 Å². The zero-order valence-electron chi connectivity index (χ0n) is 19.9. The van der Waals surface area contributed by atoms with Gasteiger partial charge < -0.3 is 14.0 Å². The third-order valence-electron chi connectivity index (χ3n) is 6.11. The van der Waals surface area contributed by atoms with Gasteiger partial charge in [0, 0.05) is 29.2 Å². The summed E-state index contributed by atoms with van der Waals surface area (Å²) in [6.07, 6.45) is 4.47. The third-order valence-corrected chi connectivity index (χ3v) is 7.01. The number of imide groups is 1. The van der Waals surface area contributed by atoms with Gasteiger partial charge in [-0.15, -0.1) is 0 Å². The number of benzene rings is 3. The molecule has 1 aliphatic heterocycles. The van der Waals surface area contributed by atoms with Gasteiger partial charge in [0.15, 0.2) is 11.5 Å². The topological polar surface area (TPSA) is 60.8 Å². The Kier molecular flexibility index (Phi) is 7.09. The maximum Gasteiger partial charge on any atom is 0.293 e. The molecule has 0 aliphatic carbocycles. The summed E-state index contributed by atoms with van der Waals surface area (Å²) >= 11 is 1.000. The van der Waals surface area contributed by atoms with E-state index in [4.69, 9.17) is 9.47 Å². The molecule has 4 aromatic rings. The lowest BCUT2D eigenvalue weighted by Crippen LogP contribution is -2.30. The van der Waals surface area contributed by atoms with E-state index in [0.717, 1.165) is 33.8 Å². The van der Waals surface area contributed by atoms with Gasteiger partial charge in [0.25, 0.3) is 11.1 Å². The van der Waals surface area contributed by atoms with Gasteiger partial charge in [-0.2, -0.15) is 0 Å². The number of fused-ring (bicyclic) bond motifs is 1. The van der Waals surface area contributed by atoms with Gasteiger partial charge in [-0.3, -0.25) is 14.5 Å². The maximum atomic E-state index is 13.1. The zero-order chi connectivity index (χ0) is 24.9. The van der Waals surface area contributed by atoms with Crippen LogP contribution in [0.5, 0.6) is 11.5 Å². The molecule has 2 heterocycles. The summed E-state index contributed by atoms with van der Waals surface area (Å²) in [4.78, 5) is 27.4. The Morgan fingerprint density at radius 1 is 0.861 bits per heavy atom. The normalized spacial score (nSPS) is 14.7. The van der Waals surface area contributed by atoms with E-state index in [9.17, 15) is 9.59 Å². The summed E-state index contributed by atoms with van der Waals surface area (Å²) in [5, 5.41) is 0.794. The van der Waals surface area contributed by atoms with Crippen LogP contribution in [0.3, 0.4) is 0 Å². The van der Waals surface area contributed by atoms with Crippen molar-refractivity contribution in [1.82, 2.24) is 9.47 Å². The molecule has 5 rings (SSSR count). The van der Waals surface area contributed by atoms with E-state index in [-0.39, 0.29) is 11.1 Å². The minimum atomic E-state index is -0.239. The molecule has 7 heteroatoms. The van der Waals surface area contributed by atoms with E-state index >= 15 is 0 Å². The van der Waals surface area contributed by atoms with Gasteiger partial charge in [-0.05, 0) is 48.0 Å². The fourth-order valence-corrected chi connectivity index (χ4v) is 5.14. The van der Waals surface area contributed by atoms with Gasteiger partial charge in [0.1, 0.15) is 6.61 Å². The molecule has 0 spiro atoms. The first kappa shape index (κ1) is 23.8. The first-order valence-electron chi connectivity index (χ1n) is 11.8. The number of hydrogen-bond acceptors (Lipinski definition) is 5. The molecular formula is C29H26N2O4S. The van der Waals surface area contributed by atoms with Crippen LogP contribution in [0.1, 0.15) is 11.1 Å². The number of thioether (sulfide) groups is 1. The summed E-state index contributed by atoms with van der Waals surface area (Å²) in [6.45, 7) is 1.44. The minimum absolute atomic E-state index is 0.226. The lowest BCUT2D eigenvalue weighted by atomic mass is 10.1. The van der Waals surface area contributed by atoms with Crippen molar-refractivity contribution in [2.24, 2.45) is 0 Å². The largest absolute Gasteiger partial charge is 0.493 e. The Morgan fingerprint density at radius 2 is 1.58 bits per heavy atom. The van der Waals surface area contributed by atoms with Crippen molar-refractivity contribution < 1.29 is 19.1 Å². The van der Waals surface area contributed by atoms with E-state index in [2.05, 4.69) is 4.57 Å². The van der Waals surface area contributed by atoms with Gasteiger partial charge in [0.05, 0.1) is 18.6 Å².